The summed E-state index contributed by atoms with van der Waals surface area (Å²) in [5.74, 6) is 2.52. The number of nitrogens with zero attached hydrogens (tertiary/aromatic N) is 3. The molecule has 21 heavy (non-hydrogen) atoms. The minimum Gasteiger partial charge on any atom is -0.476 e. The summed E-state index contributed by atoms with van der Waals surface area (Å²) in [5.41, 5.74) is 1.01. The first-order valence-electron chi connectivity index (χ1n) is 8.21. The fourth-order valence-electron chi connectivity index (χ4n) is 2.63. The van der Waals surface area contributed by atoms with Crippen molar-refractivity contribution >= 4 is 5.82 Å². The lowest BCUT2D eigenvalue weighted by atomic mass is 10.2. The number of aromatic nitrogens is 2. The van der Waals surface area contributed by atoms with E-state index in [1.54, 1.807) is 0 Å². The molecule has 1 aromatic rings. The minimum absolute atomic E-state index is 0.703. The summed E-state index contributed by atoms with van der Waals surface area (Å²) in [5, 5.41) is 3.31. The van der Waals surface area contributed by atoms with Gasteiger partial charge in [0.05, 0.1) is 5.56 Å². The quantitative estimate of drug-likeness (QED) is 0.798. The van der Waals surface area contributed by atoms with E-state index in [9.17, 15) is 0 Å². The molecule has 1 N–H and O–H groups in total. The van der Waals surface area contributed by atoms with Crippen molar-refractivity contribution in [3.63, 3.8) is 0 Å². The molecule has 1 saturated heterocycles. The van der Waals surface area contributed by atoms with Crippen LogP contribution in [0.25, 0.3) is 0 Å². The maximum Gasteiger partial charge on any atom is 0.221 e. The molecule has 5 nitrogen and oxygen atoms in total. The molecule has 0 radical (unpaired) electrons. The van der Waals surface area contributed by atoms with E-state index in [1.807, 2.05) is 6.92 Å². The summed E-state index contributed by atoms with van der Waals surface area (Å²) in [6.07, 6.45) is 4.57. The molecule has 1 aromatic heterocycles. The number of likely N-dealkylation sites (tertiary alicyclic amines) is 1. The van der Waals surface area contributed by atoms with E-state index < -0.39 is 0 Å². The average Bonchev–Trinajstić information content (AvgIpc) is 2.97. The third-order valence-electron chi connectivity index (χ3n) is 3.81. The van der Waals surface area contributed by atoms with E-state index in [4.69, 9.17) is 4.74 Å². The standard InChI is InChI=1S/C16H28N4O/c1-4-8-14-18-15(17-5-2)13(3)16(19-14)21-12-11-20-9-6-7-10-20/h4-12H2,1-3H3,(H,17,18,19). The van der Waals surface area contributed by atoms with Crippen LogP contribution in [0.5, 0.6) is 5.88 Å². The summed E-state index contributed by atoms with van der Waals surface area (Å²) >= 11 is 0. The Morgan fingerprint density at radius 1 is 1.19 bits per heavy atom. The van der Waals surface area contributed by atoms with E-state index >= 15 is 0 Å². The number of aryl methyl sites for hydroxylation is 1. The second-order valence-electron chi connectivity index (χ2n) is 5.60. The van der Waals surface area contributed by atoms with Gasteiger partial charge >= 0.3 is 0 Å². The fraction of sp³-hybridized carbons (Fsp3) is 0.750. The van der Waals surface area contributed by atoms with Gasteiger partial charge in [-0.05, 0) is 46.2 Å². The van der Waals surface area contributed by atoms with Crippen LogP contribution in [0.15, 0.2) is 0 Å². The molecular formula is C16H28N4O. The van der Waals surface area contributed by atoms with Gasteiger partial charge in [0.25, 0.3) is 0 Å². The van der Waals surface area contributed by atoms with Crippen molar-refractivity contribution in [2.45, 2.75) is 46.5 Å². The molecule has 0 bridgehead atoms. The van der Waals surface area contributed by atoms with Gasteiger partial charge in [0.2, 0.25) is 5.88 Å². The lowest BCUT2D eigenvalue weighted by Gasteiger charge is -2.17. The van der Waals surface area contributed by atoms with Gasteiger partial charge in [-0.2, -0.15) is 4.98 Å². The Bertz CT molecular complexity index is 444. The Hall–Kier alpha value is -1.36. The Morgan fingerprint density at radius 2 is 1.95 bits per heavy atom. The SMILES string of the molecule is CCCc1nc(NCC)c(C)c(OCCN2CCCC2)n1. The summed E-state index contributed by atoms with van der Waals surface area (Å²) < 4.78 is 5.94. The van der Waals surface area contributed by atoms with Crippen LogP contribution in [-0.2, 0) is 6.42 Å². The number of ether oxygens (including phenoxy) is 1. The Morgan fingerprint density at radius 3 is 2.62 bits per heavy atom. The zero-order chi connectivity index (χ0) is 15.1. The van der Waals surface area contributed by atoms with Gasteiger partial charge in [-0.15, -0.1) is 0 Å². The van der Waals surface area contributed by atoms with Crippen molar-refractivity contribution in [3.8, 4) is 5.88 Å². The van der Waals surface area contributed by atoms with E-state index in [2.05, 4.69) is 34.0 Å². The summed E-state index contributed by atoms with van der Waals surface area (Å²) in [4.78, 5) is 11.6. The van der Waals surface area contributed by atoms with Gasteiger partial charge < -0.3 is 10.1 Å². The Kier molecular flexibility index (Phi) is 6.23. The zero-order valence-corrected chi connectivity index (χ0v) is 13.6. The van der Waals surface area contributed by atoms with Crippen molar-refractivity contribution < 1.29 is 4.74 Å². The maximum atomic E-state index is 5.94. The van der Waals surface area contributed by atoms with Gasteiger partial charge in [0, 0.05) is 19.5 Å². The van der Waals surface area contributed by atoms with Crippen molar-refractivity contribution in [2.24, 2.45) is 0 Å². The van der Waals surface area contributed by atoms with Crippen LogP contribution in [0.4, 0.5) is 5.82 Å². The largest absolute Gasteiger partial charge is 0.476 e. The third kappa shape index (κ3) is 4.56. The van der Waals surface area contributed by atoms with Gasteiger partial charge in [-0.25, -0.2) is 4.98 Å². The van der Waals surface area contributed by atoms with Gasteiger partial charge in [0.1, 0.15) is 18.2 Å². The smallest absolute Gasteiger partial charge is 0.221 e. The Labute approximate surface area is 128 Å². The highest BCUT2D eigenvalue weighted by Crippen LogP contribution is 2.22. The topological polar surface area (TPSA) is 50.3 Å². The van der Waals surface area contributed by atoms with Crippen LogP contribution in [0.1, 0.15) is 44.5 Å². The number of hydrogen-bond acceptors (Lipinski definition) is 5. The van der Waals surface area contributed by atoms with Crippen molar-refractivity contribution in [3.05, 3.63) is 11.4 Å². The molecule has 2 rings (SSSR count). The molecule has 1 aliphatic rings. The predicted octanol–water partition coefficient (Wildman–Crippen LogP) is 2.64. The molecule has 1 aliphatic heterocycles. The van der Waals surface area contributed by atoms with Crippen LogP contribution in [-0.4, -0.2) is 47.7 Å². The van der Waals surface area contributed by atoms with Crippen LogP contribution >= 0.6 is 0 Å². The van der Waals surface area contributed by atoms with Gasteiger partial charge in [0.15, 0.2) is 0 Å². The highest BCUT2D eigenvalue weighted by molar-refractivity contribution is 5.48. The average molecular weight is 292 g/mol. The molecular weight excluding hydrogens is 264 g/mol. The highest BCUT2D eigenvalue weighted by atomic mass is 16.5. The fourth-order valence-corrected chi connectivity index (χ4v) is 2.63. The molecule has 0 amide bonds. The van der Waals surface area contributed by atoms with Crippen LogP contribution in [0, 0.1) is 6.92 Å². The molecule has 0 aromatic carbocycles. The molecule has 0 aliphatic carbocycles. The first-order chi connectivity index (χ1) is 10.2. The van der Waals surface area contributed by atoms with E-state index in [1.165, 1.54) is 25.9 Å². The van der Waals surface area contributed by atoms with E-state index in [-0.39, 0.29) is 0 Å². The third-order valence-corrected chi connectivity index (χ3v) is 3.81. The molecule has 0 atom stereocenters. The van der Waals surface area contributed by atoms with Gasteiger partial charge in [-0.1, -0.05) is 6.92 Å². The molecule has 0 unspecified atom stereocenters. The van der Waals surface area contributed by atoms with Crippen LogP contribution in [0.2, 0.25) is 0 Å². The molecule has 5 heteroatoms. The van der Waals surface area contributed by atoms with Gasteiger partial charge in [-0.3, -0.25) is 4.90 Å². The van der Waals surface area contributed by atoms with E-state index in [0.29, 0.717) is 6.61 Å². The first kappa shape index (κ1) is 16.0. The molecule has 1 fully saturated rings. The monoisotopic (exact) mass is 292 g/mol. The lowest BCUT2D eigenvalue weighted by Crippen LogP contribution is -2.25. The molecule has 0 spiro atoms. The second-order valence-corrected chi connectivity index (χ2v) is 5.60. The lowest BCUT2D eigenvalue weighted by molar-refractivity contribution is 0.230. The van der Waals surface area contributed by atoms with E-state index in [0.717, 1.165) is 49.0 Å². The maximum absolute atomic E-state index is 5.94. The molecule has 118 valence electrons. The van der Waals surface area contributed by atoms with Crippen LogP contribution < -0.4 is 10.1 Å². The summed E-state index contributed by atoms with van der Waals surface area (Å²) in [7, 11) is 0. The number of rotatable bonds is 8. The summed E-state index contributed by atoms with van der Waals surface area (Å²) in [6.45, 7) is 11.2. The predicted molar refractivity (Wildman–Crippen MR) is 86.1 cm³/mol. The van der Waals surface area contributed by atoms with Crippen LogP contribution in [0.3, 0.4) is 0 Å². The second kappa shape index (κ2) is 8.17. The minimum atomic E-state index is 0.703. The first-order valence-corrected chi connectivity index (χ1v) is 8.21. The van der Waals surface area contributed by atoms with Crippen molar-refractivity contribution in [1.82, 2.24) is 14.9 Å². The molecule has 2 heterocycles. The number of hydrogen-bond donors (Lipinski definition) is 1. The summed E-state index contributed by atoms with van der Waals surface area (Å²) in [6, 6.07) is 0. The normalized spacial score (nSPS) is 15.4. The highest BCUT2D eigenvalue weighted by Gasteiger charge is 2.14. The number of nitrogens with one attached hydrogen (secondary N) is 1. The zero-order valence-electron chi connectivity index (χ0n) is 13.6. The Balaban J connectivity index is 2.01. The van der Waals surface area contributed by atoms with Crippen molar-refractivity contribution in [1.29, 1.82) is 0 Å². The molecule has 0 saturated carbocycles. The number of anilines is 1. The van der Waals surface area contributed by atoms with Crippen molar-refractivity contribution in [2.75, 3.05) is 38.1 Å².